The second kappa shape index (κ2) is 10.7. The summed E-state index contributed by atoms with van der Waals surface area (Å²) in [6, 6.07) is 0.377. The van der Waals surface area contributed by atoms with Crippen molar-refractivity contribution >= 4 is 35.1 Å². The van der Waals surface area contributed by atoms with Gasteiger partial charge in [0.2, 0.25) is 22.5 Å². The van der Waals surface area contributed by atoms with Crippen LogP contribution in [0.5, 0.6) is 12.0 Å². The van der Waals surface area contributed by atoms with Crippen LogP contribution in [0.25, 0.3) is 0 Å². The van der Waals surface area contributed by atoms with E-state index >= 15 is 0 Å². The van der Waals surface area contributed by atoms with E-state index in [1.165, 1.54) is 14.2 Å². The van der Waals surface area contributed by atoms with Gasteiger partial charge in [0.15, 0.2) is 0 Å². The maximum Gasteiger partial charge on any atom is 0.322 e. The Morgan fingerprint density at radius 1 is 0.654 bits per heavy atom. The van der Waals surface area contributed by atoms with E-state index in [-0.39, 0.29) is 22.6 Å². The van der Waals surface area contributed by atoms with Gasteiger partial charge in [0.25, 0.3) is 0 Å². The molecule has 26 heavy (non-hydrogen) atoms. The molecule has 142 valence electrons. The third kappa shape index (κ3) is 6.96. The topological polar surface area (TPSA) is 120 Å². The highest BCUT2D eigenvalue weighted by Gasteiger charge is 2.05. The van der Waals surface area contributed by atoms with Gasteiger partial charge in [-0.15, -0.1) is 0 Å². The monoisotopic (exact) mass is 402 g/mol. The minimum atomic E-state index is 0.0977. The molecule has 2 N–H and O–H groups in total. The van der Waals surface area contributed by atoms with Crippen LogP contribution >= 0.6 is 23.2 Å². The van der Waals surface area contributed by atoms with Crippen LogP contribution in [0, 0.1) is 0 Å². The number of methoxy groups -OCH3 is 2. The van der Waals surface area contributed by atoms with E-state index in [4.69, 9.17) is 32.7 Å². The molecule has 0 radical (unpaired) electrons. The fourth-order valence-corrected chi connectivity index (χ4v) is 2.31. The van der Waals surface area contributed by atoms with Gasteiger partial charge in [-0.05, 0) is 36.0 Å². The molecule has 2 rings (SSSR count). The van der Waals surface area contributed by atoms with Gasteiger partial charge in [-0.3, -0.25) is 0 Å². The lowest BCUT2D eigenvalue weighted by Crippen LogP contribution is -2.09. The zero-order valence-corrected chi connectivity index (χ0v) is 16.0. The van der Waals surface area contributed by atoms with Crippen LogP contribution in [0.3, 0.4) is 0 Å². The zero-order valence-electron chi connectivity index (χ0n) is 14.5. The van der Waals surface area contributed by atoms with Gasteiger partial charge in [-0.2, -0.15) is 29.9 Å². The van der Waals surface area contributed by atoms with E-state index < -0.39 is 0 Å². The van der Waals surface area contributed by atoms with Gasteiger partial charge in [-0.1, -0.05) is 12.8 Å². The summed E-state index contributed by atoms with van der Waals surface area (Å²) in [6.07, 6.45) is 4.03. The van der Waals surface area contributed by atoms with Gasteiger partial charge >= 0.3 is 12.0 Å². The summed E-state index contributed by atoms with van der Waals surface area (Å²) in [5.74, 6) is 0.813. The van der Waals surface area contributed by atoms with Crippen LogP contribution in [0.2, 0.25) is 10.6 Å². The first-order valence-corrected chi connectivity index (χ1v) is 8.75. The lowest BCUT2D eigenvalue weighted by Gasteiger charge is -2.07. The number of hydrogen-bond acceptors (Lipinski definition) is 10. The van der Waals surface area contributed by atoms with Gasteiger partial charge in [0, 0.05) is 13.1 Å². The Hall–Kier alpha value is -2.20. The largest absolute Gasteiger partial charge is 0.467 e. The molecular weight excluding hydrogens is 383 g/mol. The molecule has 0 saturated carbocycles. The minimum absolute atomic E-state index is 0.0977. The Kier molecular flexibility index (Phi) is 8.29. The number of aromatic nitrogens is 6. The third-order valence-electron chi connectivity index (χ3n) is 3.21. The Bertz CT molecular complexity index is 647. The lowest BCUT2D eigenvalue weighted by atomic mass is 10.2. The number of ether oxygens (including phenoxy) is 2. The molecular formula is C14H20Cl2N8O2. The molecule has 0 amide bonds. The van der Waals surface area contributed by atoms with Crippen molar-refractivity contribution in [2.45, 2.75) is 25.7 Å². The molecule has 2 aromatic rings. The Morgan fingerprint density at radius 2 is 1.08 bits per heavy atom. The summed E-state index contributed by atoms with van der Waals surface area (Å²) in [5, 5.41) is 6.39. The smallest absolute Gasteiger partial charge is 0.322 e. The molecule has 0 spiro atoms. The minimum Gasteiger partial charge on any atom is -0.467 e. The second-order valence-corrected chi connectivity index (χ2v) is 5.77. The highest BCUT2D eigenvalue weighted by atomic mass is 35.5. The van der Waals surface area contributed by atoms with Crippen LogP contribution in [0.15, 0.2) is 0 Å². The van der Waals surface area contributed by atoms with Crippen molar-refractivity contribution in [3.8, 4) is 12.0 Å². The first-order chi connectivity index (χ1) is 12.6. The number of anilines is 2. The maximum atomic E-state index is 5.79. The quantitative estimate of drug-likeness (QED) is 0.541. The van der Waals surface area contributed by atoms with Crippen molar-refractivity contribution in [3.63, 3.8) is 0 Å². The number of nitrogens with one attached hydrogen (secondary N) is 2. The van der Waals surface area contributed by atoms with E-state index in [0.717, 1.165) is 38.8 Å². The van der Waals surface area contributed by atoms with E-state index in [1.807, 2.05) is 0 Å². The Labute approximate surface area is 161 Å². The normalized spacial score (nSPS) is 10.5. The predicted octanol–water partition coefficient (Wildman–Crippen LogP) is 2.46. The molecule has 0 aliphatic carbocycles. The maximum absolute atomic E-state index is 5.79. The zero-order chi connectivity index (χ0) is 18.8. The van der Waals surface area contributed by atoms with Crippen molar-refractivity contribution in [1.82, 2.24) is 29.9 Å². The van der Waals surface area contributed by atoms with Gasteiger partial charge in [0.1, 0.15) is 0 Å². The fourth-order valence-electron chi connectivity index (χ4n) is 2.01. The molecule has 0 unspecified atom stereocenters. The molecule has 10 nitrogen and oxygen atoms in total. The lowest BCUT2D eigenvalue weighted by molar-refractivity contribution is 0.378. The number of halogens is 2. The summed E-state index contributed by atoms with van der Waals surface area (Å²) in [6.45, 7) is 1.47. The number of hydrogen-bond donors (Lipinski definition) is 2. The molecule has 0 saturated heterocycles. The van der Waals surface area contributed by atoms with E-state index in [1.54, 1.807) is 0 Å². The Morgan fingerprint density at radius 3 is 1.46 bits per heavy atom. The van der Waals surface area contributed by atoms with Crippen molar-refractivity contribution in [1.29, 1.82) is 0 Å². The standard InChI is InChI=1S/C14H20Cl2N8O2/c1-25-13-21-9(15)19-11(23-13)17-7-5-3-4-6-8-18-12-20-10(16)22-14(24-12)26-2/h3-8H2,1-2H3,(H,17,19,21,23)(H,18,20,22,24). The molecule has 0 atom stereocenters. The van der Waals surface area contributed by atoms with Crippen molar-refractivity contribution in [2.75, 3.05) is 37.9 Å². The summed E-state index contributed by atoms with van der Waals surface area (Å²) < 4.78 is 9.88. The molecule has 12 heteroatoms. The molecule has 0 aliphatic rings. The fraction of sp³-hybridized carbons (Fsp3) is 0.571. The molecule has 0 fully saturated rings. The van der Waals surface area contributed by atoms with Crippen molar-refractivity contribution in [2.24, 2.45) is 0 Å². The van der Waals surface area contributed by atoms with Crippen LogP contribution in [0.4, 0.5) is 11.9 Å². The predicted molar refractivity (Wildman–Crippen MR) is 98.2 cm³/mol. The number of unbranched alkanes of at least 4 members (excludes halogenated alkanes) is 3. The molecule has 0 aromatic carbocycles. The van der Waals surface area contributed by atoms with Crippen molar-refractivity contribution < 1.29 is 9.47 Å². The van der Waals surface area contributed by atoms with Crippen molar-refractivity contribution in [3.05, 3.63) is 10.6 Å². The first kappa shape index (κ1) is 20.1. The summed E-state index contributed by atoms with van der Waals surface area (Å²) in [5.41, 5.74) is 0. The highest BCUT2D eigenvalue weighted by molar-refractivity contribution is 6.28. The van der Waals surface area contributed by atoms with E-state index in [0.29, 0.717) is 11.9 Å². The van der Waals surface area contributed by atoms with Crippen LogP contribution in [-0.4, -0.2) is 57.2 Å². The van der Waals surface area contributed by atoms with Gasteiger partial charge in [0.05, 0.1) is 14.2 Å². The van der Waals surface area contributed by atoms with Crippen LogP contribution < -0.4 is 20.1 Å². The highest BCUT2D eigenvalue weighted by Crippen LogP contribution is 2.12. The van der Waals surface area contributed by atoms with Gasteiger partial charge < -0.3 is 20.1 Å². The SMILES string of the molecule is COc1nc(Cl)nc(NCCCCCCNc2nc(Cl)nc(OC)n2)n1. The number of rotatable bonds is 11. The number of nitrogens with zero attached hydrogens (tertiary/aromatic N) is 6. The summed E-state index contributed by atoms with van der Waals surface area (Å²) >= 11 is 11.6. The molecule has 0 aliphatic heterocycles. The molecule has 2 heterocycles. The van der Waals surface area contributed by atoms with E-state index in [2.05, 4.69) is 40.5 Å². The third-order valence-corrected chi connectivity index (χ3v) is 3.55. The van der Waals surface area contributed by atoms with E-state index in [9.17, 15) is 0 Å². The summed E-state index contributed by atoms with van der Waals surface area (Å²) in [4.78, 5) is 23.7. The molecule has 2 aromatic heterocycles. The van der Waals surface area contributed by atoms with Crippen LogP contribution in [-0.2, 0) is 0 Å². The Balaban J connectivity index is 1.58. The van der Waals surface area contributed by atoms with Crippen LogP contribution in [0.1, 0.15) is 25.7 Å². The average Bonchev–Trinajstić information content (AvgIpc) is 2.62. The average molecular weight is 403 g/mol. The summed E-state index contributed by atoms with van der Waals surface area (Å²) in [7, 11) is 2.95. The first-order valence-electron chi connectivity index (χ1n) is 7.99. The van der Waals surface area contributed by atoms with Gasteiger partial charge in [-0.25, -0.2) is 0 Å². The molecule has 0 bridgehead atoms. The second-order valence-electron chi connectivity index (χ2n) is 5.10.